The molecule has 4 aliphatic heterocycles. The van der Waals surface area contributed by atoms with Crippen molar-refractivity contribution in [2.45, 2.75) is 44.5 Å². The van der Waals surface area contributed by atoms with Crippen molar-refractivity contribution in [1.82, 2.24) is 59.0 Å². The minimum Gasteiger partial charge on any atom is -0.543 e. The molecule has 10 N–H and O–H groups in total. The molecule has 32 nitrogen and oxygen atoms in total. The van der Waals surface area contributed by atoms with Gasteiger partial charge < -0.3 is 72.2 Å². The molecule has 0 aliphatic carbocycles. The number of carbonyl (C=O) groups is 6. The number of carboxylic acids is 2. The molecule has 0 spiro atoms. The third-order valence-corrected chi connectivity index (χ3v) is 19.3. The number of nitrogen functional groups attached to an aromatic ring is 2. The van der Waals surface area contributed by atoms with Gasteiger partial charge in [-0.2, -0.15) is 9.46 Å². The van der Waals surface area contributed by atoms with Crippen molar-refractivity contribution >= 4 is 150 Å². The molecule has 84 heavy (non-hydrogen) atoms. The Labute approximate surface area is 546 Å². The van der Waals surface area contributed by atoms with Gasteiger partial charge in [-0.05, 0) is 34.2 Å². The zero-order valence-corrected chi connectivity index (χ0v) is 53.2. The van der Waals surface area contributed by atoms with E-state index < -0.39 is 94.0 Å². The van der Waals surface area contributed by atoms with Gasteiger partial charge in [0.1, 0.15) is 54.0 Å². The van der Waals surface area contributed by atoms with Crippen molar-refractivity contribution in [1.29, 1.82) is 0 Å². The summed E-state index contributed by atoms with van der Waals surface area (Å²) in [7, 11) is 0. The van der Waals surface area contributed by atoms with Crippen molar-refractivity contribution in [3.05, 3.63) is 113 Å². The number of hydrogen-bond acceptors (Lipinski definition) is 34. The van der Waals surface area contributed by atoms with E-state index in [1.165, 1.54) is 57.8 Å². The molecule has 0 unspecified atom stereocenters. The second kappa shape index (κ2) is 28.7. The van der Waals surface area contributed by atoms with E-state index in [1.54, 1.807) is 12.4 Å². The predicted octanol–water partition coefficient (Wildman–Crippen LogP) is -8.40. The molecule has 42 heteroatoms. The number of pyridine rings is 2. The largest absolute Gasteiger partial charge is 1.00 e. The van der Waals surface area contributed by atoms with Crippen LogP contribution in [-0.4, -0.2) is 162 Å². The van der Waals surface area contributed by atoms with Crippen molar-refractivity contribution in [2.24, 2.45) is 10.3 Å². The van der Waals surface area contributed by atoms with Crippen LogP contribution in [-0.2, 0) is 51.7 Å². The molecule has 4 atom stereocenters. The van der Waals surface area contributed by atoms with E-state index >= 15 is 0 Å². The number of aromatic hydroxyl groups is 2. The average Bonchev–Trinajstić information content (AvgIpc) is 1.07. The number of thiazole rings is 2. The van der Waals surface area contributed by atoms with Crippen LogP contribution in [0.1, 0.15) is 22.8 Å². The summed E-state index contributed by atoms with van der Waals surface area (Å²) >= 11 is 9.60. The van der Waals surface area contributed by atoms with Crippen molar-refractivity contribution in [3.8, 4) is 11.5 Å². The summed E-state index contributed by atoms with van der Waals surface area (Å²) in [5.74, 6) is -6.25. The van der Waals surface area contributed by atoms with Crippen LogP contribution < -0.4 is 102 Å². The molecule has 6 aromatic heterocycles. The van der Waals surface area contributed by atoms with Gasteiger partial charge in [0.15, 0.2) is 46.4 Å². The first-order valence-corrected chi connectivity index (χ1v) is 29.9. The summed E-state index contributed by atoms with van der Waals surface area (Å²) in [4.78, 5) is 120. The van der Waals surface area contributed by atoms with Gasteiger partial charge in [-0.25, -0.2) is 9.97 Å². The summed E-state index contributed by atoms with van der Waals surface area (Å²) in [6.45, 7) is -0.954. The smallest absolute Gasteiger partial charge is 0.543 e. The van der Waals surface area contributed by atoms with Gasteiger partial charge in [-0.15, -0.1) is 79.9 Å². The molecule has 0 aromatic carbocycles. The number of β-lactam (4-membered cyclic amide) rings is 2. The van der Waals surface area contributed by atoms with Crippen LogP contribution in [0.25, 0.3) is 0 Å². The maximum atomic E-state index is 13.2. The van der Waals surface area contributed by atoms with Gasteiger partial charge in [-0.1, -0.05) is 19.3 Å². The van der Waals surface area contributed by atoms with E-state index in [1.807, 2.05) is 0 Å². The quantitative estimate of drug-likeness (QED) is 0.00879. The number of aliphatic carboxylic acids is 2. The number of nitrogens with zero attached hydrogens (tertiary/aromatic N) is 12. The Morgan fingerprint density at radius 1 is 0.679 bits per heavy atom. The van der Waals surface area contributed by atoms with E-state index in [2.05, 4.69) is 50.1 Å². The molecule has 6 aromatic rings. The maximum Gasteiger partial charge on any atom is 1.00 e. The van der Waals surface area contributed by atoms with Gasteiger partial charge in [-0.3, -0.25) is 38.6 Å². The molecule has 4 aliphatic rings. The number of carbonyl (C=O) groups excluding carboxylic acids is 6. The Bertz CT molecular complexity index is 3530. The van der Waals surface area contributed by atoms with E-state index in [9.17, 15) is 69.2 Å². The van der Waals surface area contributed by atoms with Crippen LogP contribution in [0.4, 0.5) is 10.3 Å². The summed E-state index contributed by atoms with van der Waals surface area (Å²) in [5, 5.41) is 84.3. The molecule has 10 rings (SSSR count). The molecule has 4 amide bonds. The summed E-state index contributed by atoms with van der Waals surface area (Å²) in [6, 6.07) is -0.335. The number of hydrogen-bond donors (Lipinski definition) is 8. The van der Waals surface area contributed by atoms with Crippen LogP contribution in [0.5, 0.6) is 11.5 Å². The molecule has 0 saturated carbocycles. The second-order valence-electron chi connectivity index (χ2n) is 16.5. The number of amides is 4. The van der Waals surface area contributed by atoms with Gasteiger partial charge in [0.25, 0.3) is 23.6 Å². The molecule has 428 valence electrons. The number of nitrogens with one attached hydrogen (secondary N) is 2. The van der Waals surface area contributed by atoms with Crippen LogP contribution in [0.15, 0.2) is 98.5 Å². The number of fused-ring (bicyclic) bond motifs is 2. The van der Waals surface area contributed by atoms with Crippen LogP contribution in [0.2, 0.25) is 0 Å². The minimum absolute atomic E-state index is 0. The monoisotopic (exact) mass is 1320 g/mol. The Kier molecular flexibility index (Phi) is 22.3. The minimum atomic E-state index is -1.50. The van der Waals surface area contributed by atoms with Crippen molar-refractivity contribution < 1.29 is 128 Å². The van der Waals surface area contributed by atoms with E-state index in [0.29, 0.717) is 20.6 Å². The Morgan fingerprint density at radius 3 is 1.40 bits per heavy atom. The van der Waals surface area contributed by atoms with Crippen LogP contribution >= 0.6 is 92.8 Å². The zero-order valence-electron chi connectivity index (χ0n) is 42.6. The summed E-state index contributed by atoms with van der Waals surface area (Å²) in [5.41, 5.74) is 9.54. The first-order valence-electron chi connectivity index (χ1n) is 22.6. The summed E-state index contributed by atoms with van der Waals surface area (Å²) < 4.78 is 10.0. The number of oxime groups is 2. The van der Waals surface area contributed by atoms with E-state index in [-0.39, 0.29) is 138 Å². The average molecular weight is 1320 g/mol. The second-order valence-corrected chi connectivity index (χ2v) is 24.6. The number of aromatic nitrogens is 8. The summed E-state index contributed by atoms with van der Waals surface area (Å²) in [6.07, 6.45) is 4.65. The molecule has 0 bridgehead atoms. The molecular weight excluding hydrogens is 1290 g/mol. The van der Waals surface area contributed by atoms with Gasteiger partial charge in [0, 0.05) is 45.9 Å². The molecule has 0 radical (unpaired) electrons. The van der Waals surface area contributed by atoms with Gasteiger partial charge >= 0.3 is 59.1 Å². The number of carboxylic acid groups (broad SMARTS) is 2. The van der Waals surface area contributed by atoms with E-state index in [4.69, 9.17) is 21.1 Å². The maximum absolute atomic E-state index is 13.2. The molecule has 10 heterocycles. The third kappa shape index (κ3) is 14.7. The SMILES string of the molecule is Nc1nc(/C(=N/OCc2cc(=O)c(O)cn2O)C(=O)N[C@@H]2C(=O)N3C(C(=O)[O-])=C(CSc4cnns4)CS[C@H]23)cs1.Nc1nc(/C(=N/OCc2cc(=O)c(O)cn2O)C(=O)N[C@@H]2C(=O)N3C(C(=O)[O-])=C(CSc4cnns4)CS[C@H]23)cs1.[Na+].[Na+]. The van der Waals surface area contributed by atoms with Crippen LogP contribution in [0.3, 0.4) is 0 Å². The fourth-order valence-electron chi connectivity index (χ4n) is 7.60. The fourth-order valence-corrected chi connectivity index (χ4v) is 14.5. The van der Waals surface area contributed by atoms with Crippen LogP contribution in [0, 0.1) is 0 Å². The molecule has 2 saturated heterocycles. The number of anilines is 2. The first-order chi connectivity index (χ1) is 39.3. The zero-order chi connectivity index (χ0) is 58.5. The predicted molar refractivity (Wildman–Crippen MR) is 290 cm³/mol. The fraction of sp³-hybridized carbons (Fsp3) is 0.238. The molecular formula is C42H34N16Na2O16S8. The third-order valence-electron chi connectivity index (χ3n) is 11.4. The van der Waals surface area contributed by atoms with E-state index in [0.717, 1.165) is 88.5 Å². The Balaban J connectivity index is 0.000000235. The normalized spacial score (nSPS) is 18.1. The van der Waals surface area contributed by atoms with Gasteiger partial charge in [0.2, 0.25) is 10.9 Å². The van der Waals surface area contributed by atoms with Crippen molar-refractivity contribution in [3.63, 3.8) is 0 Å². The number of rotatable bonds is 20. The molecule has 2 fully saturated rings. The Morgan fingerprint density at radius 2 is 1.07 bits per heavy atom. The first kappa shape index (κ1) is 65.3. The van der Waals surface area contributed by atoms with Crippen molar-refractivity contribution in [2.75, 3.05) is 34.5 Å². The van der Waals surface area contributed by atoms with Gasteiger partial charge in [0.05, 0.1) is 48.1 Å². The number of thioether (sulfide) groups is 4. The standard InChI is InChI=1S/2C21H18N8O8S4.2Na/c2*22-21-24-10(7-40-21)14(26-37-4-9-1-11(30)12(31)3-28(9)36)17(32)25-15-18(33)29-16(20(34)35)8(6-39-19(15)29)5-38-13-2-23-27-41-13;;/h2*1-3,7,15,19,31,36H,4-6H2,(H2,22,24)(H,25,32)(H,34,35);;/q;;2*+1/p-2/b2*26-14-;;/t2*15-,19-;;/m11../s1. The topological polar surface area (TPSA) is 477 Å². The number of nitrogens with two attached hydrogens (primary N) is 2. The Hall–Kier alpha value is -6.28.